The Hall–Kier alpha value is -1.98. The summed E-state index contributed by atoms with van der Waals surface area (Å²) < 4.78 is 0. The highest BCUT2D eigenvalue weighted by Gasteiger charge is 2.34. The minimum atomic E-state index is -0.555. The smallest absolute Gasteiger partial charge is 0.0489 e. The Bertz CT molecular complexity index is 958. The van der Waals surface area contributed by atoms with E-state index in [-0.39, 0.29) is 0 Å². The van der Waals surface area contributed by atoms with E-state index in [9.17, 15) is 0 Å². The lowest BCUT2D eigenvalue weighted by molar-refractivity contribution is 0.194. The molecule has 1 saturated carbocycles. The molecule has 0 radical (unpaired) electrons. The molecule has 3 aromatic rings. The molecule has 1 aromatic heterocycles. The van der Waals surface area contributed by atoms with Gasteiger partial charge in [-0.15, -0.1) is 0 Å². The van der Waals surface area contributed by atoms with E-state index < -0.39 is 7.92 Å². The van der Waals surface area contributed by atoms with E-state index in [4.69, 9.17) is 4.98 Å². The maximum absolute atomic E-state index is 5.47. The van der Waals surface area contributed by atoms with Gasteiger partial charge in [0.05, 0.1) is 0 Å². The lowest BCUT2D eigenvalue weighted by Gasteiger charge is -2.38. The van der Waals surface area contributed by atoms with Crippen LogP contribution in [0.15, 0.2) is 78.9 Å². The first-order valence-electron chi connectivity index (χ1n) is 12.8. The zero-order valence-electron chi connectivity index (χ0n) is 21.0. The summed E-state index contributed by atoms with van der Waals surface area (Å²) in [6.07, 6.45) is 3.97. The van der Waals surface area contributed by atoms with Crippen LogP contribution in [0.1, 0.15) is 76.8 Å². The Morgan fingerprint density at radius 3 is 1.91 bits per heavy atom. The van der Waals surface area contributed by atoms with Gasteiger partial charge in [0.25, 0.3) is 0 Å². The SMILES string of the molecule is CC(C)C(c1cccc([C@@H]2C[C@H](C)CC[C@H]2C(C)C)n1)P(c1ccccc1)c1ccccc1. The van der Waals surface area contributed by atoms with E-state index >= 15 is 0 Å². The van der Waals surface area contributed by atoms with Crippen LogP contribution in [0.4, 0.5) is 0 Å². The molecule has 33 heavy (non-hydrogen) atoms. The van der Waals surface area contributed by atoms with Gasteiger partial charge in [-0.25, -0.2) is 0 Å². The largest absolute Gasteiger partial charge is 0.257 e. The van der Waals surface area contributed by atoms with Crippen molar-refractivity contribution in [2.45, 2.75) is 65.5 Å². The summed E-state index contributed by atoms with van der Waals surface area (Å²) in [4.78, 5) is 5.47. The predicted molar refractivity (Wildman–Crippen MR) is 145 cm³/mol. The average molecular weight is 458 g/mol. The molecule has 174 valence electrons. The summed E-state index contributed by atoms with van der Waals surface area (Å²) in [5, 5.41) is 2.88. The quantitative estimate of drug-likeness (QED) is 0.327. The Balaban J connectivity index is 1.78. The van der Waals surface area contributed by atoms with Gasteiger partial charge < -0.3 is 0 Å². The number of hydrogen-bond acceptors (Lipinski definition) is 1. The van der Waals surface area contributed by atoms with Crippen molar-refractivity contribution in [1.82, 2.24) is 4.98 Å². The molecule has 1 heterocycles. The van der Waals surface area contributed by atoms with E-state index in [0.717, 1.165) is 11.8 Å². The lowest BCUT2D eigenvalue weighted by Crippen LogP contribution is -2.27. The fourth-order valence-electron chi connectivity index (χ4n) is 5.80. The van der Waals surface area contributed by atoms with Crippen LogP contribution in [0.5, 0.6) is 0 Å². The molecule has 0 saturated heterocycles. The number of aromatic nitrogens is 1. The highest BCUT2D eigenvalue weighted by Crippen LogP contribution is 2.53. The molecular formula is C31H40NP. The van der Waals surface area contributed by atoms with Crippen molar-refractivity contribution in [3.63, 3.8) is 0 Å². The Kier molecular flexibility index (Phi) is 8.02. The van der Waals surface area contributed by atoms with Crippen molar-refractivity contribution < 1.29 is 0 Å². The van der Waals surface area contributed by atoms with E-state index in [1.54, 1.807) is 0 Å². The normalized spacial score (nSPS) is 22.1. The van der Waals surface area contributed by atoms with Crippen LogP contribution in [0.25, 0.3) is 0 Å². The van der Waals surface area contributed by atoms with Crippen LogP contribution < -0.4 is 10.6 Å². The van der Waals surface area contributed by atoms with Crippen molar-refractivity contribution in [2.75, 3.05) is 0 Å². The van der Waals surface area contributed by atoms with Gasteiger partial charge in [-0.05, 0) is 67.2 Å². The van der Waals surface area contributed by atoms with Gasteiger partial charge in [0, 0.05) is 23.0 Å². The van der Waals surface area contributed by atoms with Gasteiger partial charge in [-0.2, -0.15) is 0 Å². The molecule has 0 N–H and O–H groups in total. The van der Waals surface area contributed by atoms with Crippen LogP contribution in [0.2, 0.25) is 0 Å². The van der Waals surface area contributed by atoms with Crippen LogP contribution in [-0.2, 0) is 0 Å². The molecule has 0 amide bonds. The van der Waals surface area contributed by atoms with E-state index in [0.29, 0.717) is 23.4 Å². The van der Waals surface area contributed by atoms with Gasteiger partial charge in [0.1, 0.15) is 0 Å². The van der Waals surface area contributed by atoms with Gasteiger partial charge in [-0.3, -0.25) is 4.98 Å². The zero-order valence-corrected chi connectivity index (χ0v) is 21.9. The molecule has 4 atom stereocenters. The summed E-state index contributed by atoms with van der Waals surface area (Å²) in [6.45, 7) is 12.0. The first-order chi connectivity index (χ1) is 16.0. The molecule has 1 aliphatic carbocycles. The number of rotatable bonds is 7. The molecule has 1 fully saturated rings. The fraction of sp³-hybridized carbons (Fsp3) is 0.452. The summed E-state index contributed by atoms with van der Waals surface area (Å²) in [7, 11) is -0.555. The first-order valence-corrected chi connectivity index (χ1v) is 14.2. The van der Waals surface area contributed by atoms with Crippen molar-refractivity contribution in [1.29, 1.82) is 0 Å². The third kappa shape index (κ3) is 5.58. The van der Waals surface area contributed by atoms with Crippen molar-refractivity contribution in [3.05, 3.63) is 90.3 Å². The molecule has 0 aliphatic heterocycles. The maximum Gasteiger partial charge on any atom is 0.0489 e. The summed E-state index contributed by atoms with van der Waals surface area (Å²) in [5.74, 6) is 3.33. The molecule has 1 nitrogen and oxygen atoms in total. The average Bonchev–Trinajstić information content (AvgIpc) is 2.83. The lowest BCUT2D eigenvalue weighted by atomic mass is 9.69. The second-order valence-corrected chi connectivity index (χ2v) is 13.0. The van der Waals surface area contributed by atoms with E-state index in [1.165, 1.54) is 41.3 Å². The number of benzene rings is 2. The van der Waals surface area contributed by atoms with Crippen molar-refractivity contribution >= 4 is 18.5 Å². The topological polar surface area (TPSA) is 12.9 Å². The van der Waals surface area contributed by atoms with Crippen LogP contribution in [-0.4, -0.2) is 4.98 Å². The summed E-state index contributed by atoms with van der Waals surface area (Å²) in [6, 6.07) is 29.2. The molecule has 1 unspecified atom stereocenters. The molecule has 1 aliphatic rings. The first kappa shape index (κ1) is 24.2. The van der Waals surface area contributed by atoms with Gasteiger partial charge in [0.15, 0.2) is 0 Å². The number of pyridine rings is 1. The third-order valence-corrected chi connectivity index (χ3v) is 10.6. The maximum atomic E-state index is 5.47. The molecule has 0 bridgehead atoms. The summed E-state index contributed by atoms with van der Waals surface area (Å²) in [5.41, 5.74) is 3.00. The predicted octanol–water partition coefficient (Wildman–Crippen LogP) is 8.09. The standard InChI is InChI=1S/C31H40NP/c1-22(2)27-20-19-24(5)21-28(27)29-17-12-18-30(32-29)31(23(3)4)33(25-13-8-6-9-14-25)26-15-10-7-11-16-26/h6-18,22-24,27-28,31H,19-21H2,1-5H3/t24-,27+,28-,31?/m1/s1. The minimum Gasteiger partial charge on any atom is -0.257 e. The van der Waals surface area contributed by atoms with Crippen molar-refractivity contribution in [2.24, 2.45) is 23.7 Å². The molecule has 2 heteroatoms. The third-order valence-electron chi connectivity index (χ3n) is 7.48. The van der Waals surface area contributed by atoms with E-state index in [1.807, 2.05) is 0 Å². The van der Waals surface area contributed by atoms with Crippen LogP contribution in [0.3, 0.4) is 0 Å². The second kappa shape index (κ2) is 11.0. The molecule has 0 spiro atoms. The Morgan fingerprint density at radius 2 is 1.36 bits per heavy atom. The zero-order chi connectivity index (χ0) is 23.4. The fourth-order valence-corrected chi connectivity index (χ4v) is 8.73. The Morgan fingerprint density at radius 1 is 0.758 bits per heavy atom. The van der Waals surface area contributed by atoms with Gasteiger partial charge >= 0.3 is 0 Å². The highest BCUT2D eigenvalue weighted by molar-refractivity contribution is 7.73. The molecular weight excluding hydrogens is 417 g/mol. The summed E-state index contributed by atoms with van der Waals surface area (Å²) >= 11 is 0. The monoisotopic (exact) mass is 457 g/mol. The van der Waals surface area contributed by atoms with Gasteiger partial charge in [-0.1, -0.05) is 108 Å². The second-order valence-electron chi connectivity index (χ2n) is 10.6. The van der Waals surface area contributed by atoms with Crippen molar-refractivity contribution in [3.8, 4) is 0 Å². The van der Waals surface area contributed by atoms with Crippen LogP contribution in [0, 0.1) is 23.7 Å². The Labute approximate surface area is 202 Å². The van der Waals surface area contributed by atoms with Gasteiger partial charge in [0.2, 0.25) is 0 Å². The van der Waals surface area contributed by atoms with Crippen LogP contribution >= 0.6 is 7.92 Å². The number of hydrogen-bond donors (Lipinski definition) is 0. The minimum absolute atomic E-state index is 0.392. The number of nitrogens with zero attached hydrogens (tertiary/aromatic N) is 1. The molecule has 4 rings (SSSR count). The van der Waals surface area contributed by atoms with E-state index in [2.05, 4.69) is 113 Å². The molecule has 2 aromatic carbocycles. The highest BCUT2D eigenvalue weighted by atomic mass is 31.1.